The molecule has 3 aromatic heterocycles. The van der Waals surface area contributed by atoms with E-state index in [2.05, 4.69) is 25.9 Å². The molecule has 0 aliphatic heterocycles. The number of benzene rings is 2. The monoisotopic (exact) mass is 646 g/mol. The van der Waals surface area contributed by atoms with Crippen molar-refractivity contribution in [3.05, 3.63) is 77.0 Å². The first kappa shape index (κ1) is 29.9. The van der Waals surface area contributed by atoms with Gasteiger partial charge in [0.15, 0.2) is 21.2 Å². The van der Waals surface area contributed by atoms with Crippen molar-refractivity contribution in [2.24, 2.45) is 0 Å². The van der Waals surface area contributed by atoms with Crippen LogP contribution in [0.5, 0.6) is 5.75 Å². The Labute approximate surface area is 250 Å². The number of sulfone groups is 1. The molecule has 1 saturated carbocycles. The highest BCUT2D eigenvalue weighted by Gasteiger charge is 2.61. The van der Waals surface area contributed by atoms with E-state index in [1.165, 1.54) is 30.0 Å². The zero-order valence-corrected chi connectivity index (χ0v) is 23.7. The van der Waals surface area contributed by atoms with E-state index >= 15 is 0 Å². The second-order valence-electron chi connectivity index (χ2n) is 10.1. The van der Waals surface area contributed by atoms with Crippen LogP contribution in [0.3, 0.4) is 0 Å². The van der Waals surface area contributed by atoms with Gasteiger partial charge in [0.25, 0.3) is 0 Å². The standard InChI is InChI=1S/C28H19F5N6O5S/c1-2-45(41,42)21-8-9-22(39-25(40)38(15-35-39)17-5-3-4-16(12-17)26(14-34)10-11-26)37-23(21)24-36-19-13-18(6-7-20(19)43-24)44-28(32,33)27(29,30)31/h3-9,12-13,15H,2,10-11H2,1H3. The highest BCUT2D eigenvalue weighted by atomic mass is 32.2. The van der Waals surface area contributed by atoms with Gasteiger partial charge in [0.2, 0.25) is 5.89 Å². The van der Waals surface area contributed by atoms with E-state index in [-0.39, 0.29) is 33.3 Å². The minimum Gasteiger partial charge on any atom is -0.435 e. The van der Waals surface area contributed by atoms with Gasteiger partial charge in [-0.15, -0.1) is 0 Å². The molecule has 1 aliphatic carbocycles. The molecule has 0 unspecified atom stereocenters. The van der Waals surface area contributed by atoms with Crippen molar-refractivity contribution in [2.45, 2.75) is 42.4 Å². The van der Waals surface area contributed by atoms with Crippen LogP contribution >= 0.6 is 0 Å². The molecule has 45 heavy (non-hydrogen) atoms. The molecule has 1 fully saturated rings. The first-order valence-electron chi connectivity index (χ1n) is 13.2. The third-order valence-corrected chi connectivity index (χ3v) is 8.98. The Kier molecular flexibility index (Phi) is 6.80. The molecule has 2 aromatic carbocycles. The molecule has 1 aliphatic rings. The van der Waals surface area contributed by atoms with Crippen LogP contribution in [-0.2, 0) is 15.3 Å². The predicted octanol–water partition coefficient (Wildman–Crippen LogP) is 5.11. The number of halogens is 5. The second kappa shape index (κ2) is 10.2. The molecule has 5 aromatic rings. The molecule has 0 atom stereocenters. The van der Waals surface area contributed by atoms with E-state index in [9.17, 15) is 40.4 Å². The molecular formula is C28H19F5N6O5S. The molecule has 0 saturated heterocycles. The van der Waals surface area contributed by atoms with Gasteiger partial charge in [-0.1, -0.05) is 19.1 Å². The Morgan fingerprint density at radius 2 is 1.82 bits per heavy atom. The van der Waals surface area contributed by atoms with Crippen molar-refractivity contribution in [1.29, 1.82) is 5.26 Å². The van der Waals surface area contributed by atoms with Gasteiger partial charge in [0.1, 0.15) is 23.3 Å². The van der Waals surface area contributed by atoms with Gasteiger partial charge < -0.3 is 9.15 Å². The lowest BCUT2D eigenvalue weighted by atomic mass is 9.97. The van der Waals surface area contributed by atoms with Crippen molar-refractivity contribution in [2.75, 3.05) is 5.75 Å². The lowest BCUT2D eigenvalue weighted by Crippen LogP contribution is -2.41. The van der Waals surface area contributed by atoms with E-state index in [1.807, 2.05) is 0 Å². The molecule has 3 heterocycles. The van der Waals surface area contributed by atoms with Crippen LogP contribution in [0, 0.1) is 11.3 Å². The fraction of sp³-hybridized carbons (Fsp3) is 0.250. The lowest BCUT2D eigenvalue weighted by Gasteiger charge is -2.19. The number of fused-ring (bicyclic) bond motifs is 1. The van der Waals surface area contributed by atoms with Gasteiger partial charge in [0, 0.05) is 6.07 Å². The van der Waals surface area contributed by atoms with Crippen LogP contribution in [0.25, 0.3) is 34.2 Å². The molecule has 0 N–H and O–H groups in total. The average molecular weight is 647 g/mol. The number of nitrogens with zero attached hydrogens (tertiary/aromatic N) is 6. The van der Waals surface area contributed by atoms with Gasteiger partial charge >= 0.3 is 18.0 Å². The maximum atomic E-state index is 13.4. The maximum absolute atomic E-state index is 13.4. The Bertz CT molecular complexity index is 2180. The zero-order valence-electron chi connectivity index (χ0n) is 22.9. The largest absolute Gasteiger partial charge is 0.499 e. The van der Waals surface area contributed by atoms with Gasteiger partial charge in [-0.25, -0.2) is 27.7 Å². The predicted molar refractivity (Wildman–Crippen MR) is 146 cm³/mol. The van der Waals surface area contributed by atoms with Crippen molar-refractivity contribution in [3.63, 3.8) is 0 Å². The first-order chi connectivity index (χ1) is 21.2. The smallest absolute Gasteiger partial charge is 0.435 e. The second-order valence-corrected chi connectivity index (χ2v) is 12.4. The van der Waals surface area contributed by atoms with Crippen LogP contribution in [-0.4, -0.2) is 50.8 Å². The first-order valence-corrected chi connectivity index (χ1v) is 14.8. The van der Waals surface area contributed by atoms with E-state index in [1.54, 1.807) is 24.3 Å². The number of pyridine rings is 1. The number of ether oxygens (including phenoxy) is 1. The van der Waals surface area contributed by atoms with Crippen LogP contribution in [0.1, 0.15) is 25.3 Å². The highest BCUT2D eigenvalue weighted by Crippen LogP contribution is 2.47. The summed E-state index contributed by atoms with van der Waals surface area (Å²) in [6, 6.07) is 14.2. The van der Waals surface area contributed by atoms with Crippen LogP contribution < -0.4 is 10.4 Å². The van der Waals surface area contributed by atoms with Crippen LogP contribution in [0.15, 0.2) is 75.0 Å². The van der Waals surface area contributed by atoms with Crippen molar-refractivity contribution < 1.29 is 39.5 Å². The van der Waals surface area contributed by atoms with Crippen LogP contribution in [0.2, 0.25) is 0 Å². The van der Waals surface area contributed by atoms with E-state index in [0.717, 1.165) is 28.4 Å². The summed E-state index contributed by atoms with van der Waals surface area (Å²) >= 11 is 0. The van der Waals surface area contributed by atoms with E-state index < -0.39 is 44.9 Å². The quantitative estimate of drug-likeness (QED) is 0.210. The Hall–Kier alpha value is -5.11. The summed E-state index contributed by atoms with van der Waals surface area (Å²) in [5.41, 5.74) is -0.790. The lowest BCUT2D eigenvalue weighted by molar-refractivity contribution is -0.360. The SMILES string of the molecule is CCS(=O)(=O)c1ccc(-n2ncn(-c3cccc(C4(C#N)CC4)c3)c2=O)nc1-c1nc2cc(OC(F)(F)C(F)(F)F)ccc2o1. The fourth-order valence-corrected chi connectivity index (χ4v) is 5.59. The van der Waals surface area contributed by atoms with Gasteiger partial charge in [-0.3, -0.25) is 0 Å². The number of oxazole rings is 1. The number of hydrogen-bond donors (Lipinski definition) is 0. The number of nitriles is 1. The van der Waals surface area contributed by atoms with Crippen molar-refractivity contribution >= 4 is 20.9 Å². The minimum absolute atomic E-state index is 0.105. The summed E-state index contributed by atoms with van der Waals surface area (Å²) in [4.78, 5) is 21.4. The van der Waals surface area contributed by atoms with Crippen molar-refractivity contribution in [3.8, 4) is 34.9 Å². The van der Waals surface area contributed by atoms with Gasteiger partial charge in [-0.2, -0.15) is 37.0 Å². The van der Waals surface area contributed by atoms with E-state index in [4.69, 9.17) is 4.42 Å². The fourth-order valence-electron chi connectivity index (χ4n) is 4.57. The average Bonchev–Trinajstić information content (AvgIpc) is 3.55. The van der Waals surface area contributed by atoms with Crippen LogP contribution in [0.4, 0.5) is 22.0 Å². The molecule has 0 radical (unpaired) electrons. The van der Waals surface area contributed by atoms with Gasteiger partial charge in [-0.05, 0) is 54.8 Å². The molecule has 6 rings (SSSR count). The normalized spacial score (nSPS) is 14.8. The minimum atomic E-state index is -5.98. The zero-order chi connectivity index (χ0) is 32.4. The third-order valence-electron chi connectivity index (χ3n) is 7.22. The molecule has 0 bridgehead atoms. The molecule has 17 heteroatoms. The third kappa shape index (κ3) is 5.20. The maximum Gasteiger partial charge on any atom is 0.499 e. The molecule has 0 spiro atoms. The number of hydrogen-bond acceptors (Lipinski definition) is 9. The highest BCUT2D eigenvalue weighted by molar-refractivity contribution is 7.91. The summed E-state index contributed by atoms with van der Waals surface area (Å²) in [6.45, 7) is 1.38. The summed E-state index contributed by atoms with van der Waals surface area (Å²) in [5.74, 6) is -1.80. The summed E-state index contributed by atoms with van der Waals surface area (Å²) in [5, 5.41) is 13.7. The molecule has 11 nitrogen and oxygen atoms in total. The molecule has 0 amide bonds. The Morgan fingerprint density at radius 1 is 1.07 bits per heavy atom. The number of aromatic nitrogens is 5. The molecular weight excluding hydrogens is 627 g/mol. The van der Waals surface area contributed by atoms with E-state index in [0.29, 0.717) is 18.5 Å². The Balaban J connectivity index is 1.42. The van der Waals surface area contributed by atoms with Gasteiger partial charge in [0.05, 0.1) is 27.8 Å². The summed E-state index contributed by atoms with van der Waals surface area (Å²) < 4.78 is 102. The number of rotatable bonds is 8. The molecule has 232 valence electrons. The number of alkyl halides is 5. The summed E-state index contributed by atoms with van der Waals surface area (Å²) in [6.07, 6.45) is -8.84. The Morgan fingerprint density at radius 3 is 2.49 bits per heavy atom. The topological polar surface area (TPSA) is 146 Å². The van der Waals surface area contributed by atoms with Crippen molar-refractivity contribution in [1.82, 2.24) is 24.3 Å². The summed E-state index contributed by atoms with van der Waals surface area (Å²) in [7, 11) is -3.98.